The number of carbonyl (C=O) groups is 2. The molecule has 0 aliphatic heterocycles. The Morgan fingerprint density at radius 1 is 1.50 bits per heavy atom. The summed E-state index contributed by atoms with van der Waals surface area (Å²) in [7, 11) is 1.38. The van der Waals surface area contributed by atoms with Gasteiger partial charge in [-0.1, -0.05) is 6.92 Å². The number of guanidine groups is 1. The Kier molecular flexibility index (Phi) is 11.6. The van der Waals surface area contributed by atoms with Crippen LogP contribution in [0.15, 0.2) is 23.1 Å². The number of carboxylic acid groups (broad SMARTS) is 1. The molecule has 1 aromatic carbocycles. The zero-order chi connectivity index (χ0) is 20.3. The Morgan fingerprint density at radius 2 is 2.08 bits per heavy atom. The van der Waals surface area contributed by atoms with Crippen molar-refractivity contribution in [2.75, 3.05) is 24.3 Å². The predicted octanol–water partition coefficient (Wildman–Crippen LogP) is 1.80. The Hall–Kier alpha value is -1.82. The number of carbonyl (C=O) groups excluding carboxylic acids is 1. The van der Waals surface area contributed by atoms with Crippen LogP contribution in [0.5, 0.6) is 0 Å². The first-order valence-electron chi connectivity index (χ1n) is 7.43. The Morgan fingerprint density at radius 3 is 2.46 bits per heavy atom. The minimum absolute atomic E-state index is 0.0102. The van der Waals surface area contributed by atoms with Gasteiger partial charge in [0.05, 0.1) is 4.92 Å². The van der Waals surface area contributed by atoms with Gasteiger partial charge in [0.2, 0.25) is 0 Å². The number of nitrogens with zero attached hydrogens (tertiary/aromatic N) is 2. The van der Waals surface area contributed by atoms with E-state index in [-0.39, 0.29) is 14.6 Å². The molecular weight excluding hydrogens is 375 g/mol. The third-order valence-corrected chi connectivity index (χ3v) is 4.39. The molecule has 0 fully saturated rings. The summed E-state index contributed by atoms with van der Waals surface area (Å²) < 4.78 is 4.07. The summed E-state index contributed by atoms with van der Waals surface area (Å²) in [5.41, 5.74) is 5.08. The summed E-state index contributed by atoms with van der Waals surface area (Å²) in [6, 6.07) is 4.38. The van der Waals surface area contributed by atoms with Crippen LogP contribution in [-0.4, -0.2) is 72.5 Å². The van der Waals surface area contributed by atoms with Crippen molar-refractivity contribution in [1.29, 1.82) is 5.41 Å². The van der Waals surface area contributed by atoms with Gasteiger partial charge in [0, 0.05) is 11.0 Å². The molecule has 138 valence electrons. The van der Waals surface area contributed by atoms with E-state index in [1.165, 1.54) is 31.0 Å². The molecule has 0 spiro atoms. The Bertz CT molecular complexity index is 673. The molecule has 26 heavy (non-hydrogen) atoms. The summed E-state index contributed by atoms with van der Waals surface area (Å²) in [5, 5.41) is 27.4. The number of aliphatic carboxylic acids is 1. The molecule has 10 nitrogen and oxygen atoms in total. The van der Waals surface area contributed by atoms with E-state index in [2.05, 4.69) is 4.74 Å². The number of rotatable bonds is 7. The van der Waals surface area contributed by atoms with Gasteiger partial charge in [0.15, 0.2) is 5.96 Å². The second-order valence-electron chi connectivity index (χ2n) is 4.82. The van der Waals surface area contributed by atoms with Crippen LogP contribution in [0, 0.1) is 15.5 Å². The molecule has 0 bridgehead atoms. The molecular formula is C14H19N4NaO6S. The van der Waals surface area contributed by atoms with Crippen LogP contribution in [0.4, 0.5) is 16.2 Å². The van der Waals surface area contributed by atoms with Crippen LogP contribution in [0.2, 0.25) is 0 Å². The van der Waals surface area contributed by atoms with Gasteiger partial charge < -0.3 is 10.8 Å². The molecule has 0 aliphatic rings. The molecule has 12 heteroatoms. The van der Waals surface area contributed by atoms with E-state index in [4.69, 9.17) is 16.2 Å². The maximum atomic E-state index is 11.1. The standard InChI is InChI=1S/C12H16N4O4S.C2H3O2.Na/c1-2-5-21-8-3-4-9(16(19)20)10(6-8)15(12(13)14)7-11(17)18;1-4-2-3;/h3-4,6H,2,5,7H2,1H3,(H3,13,14)(H,17,18);1H3;. The molecule has 0 radical (unpaired) electrons. The summed E-state index contributed by atoms with van der Waals surface area (Å²) in [6.07, 6.45) is 0.933. The number of nitrogens with two attached hydrogens (primary N) is 1. The molecule has 0 aromatic heterocycles. The summed E-state index contributed by atoms with van der Waals surface area (Å²) in [5.74, 6) is -0.958. The van der Waals surface area contributed by atoms with E-state index < -0.39 is 23.4 Å². The molecule has 0 saturated heterocycles. The van der Waals surface area contributed by atoms with Crippen LogP contribution in [0.3, 0.4) is 0 Å². The number of hydrogen-bond acceptors (Lipinski definition) is 7. The van der Waals surface area contributed by atoms with Crippen molar-refractivity contribution in [3.8, 4) is 0 Å². The van der Waals surface area contributed by atoms with Crippen LogP contribution >= 0.6 is 11.8 Å². The number of thioether (sulfide) groups is 1. The zero-order valence-corrected chi connectivity index (χ0v) is 17.5. The first-order valence-corrected chi connectivity index (χ1v) is 9.41. The molecule has 0 heterocycles. The summed E-state index contributed by atoms with van der Waals surface area (Å²) >= 11 is 2.00. The van der Waals surface area contributed by atoms with Crippen molar-refractivity contribution in [3.05, 3.63) is 28.3 Å². The first kappa shape index (κ1) is 24.2. The predicted molar refractivity (Wildman–Crippen MR) is 99.2 cm³/mol. The van der Waals surface area contributed by atoms with Gasteiger partial charge in [-0.3, -0.25) is 25.2 Å². The van der Waals surface area contributed by atoms with Crippen molar-refractivity contribution in [2.45, 2.75) is 18.2 Å². The van der Waals surface area contributed by atoms with Crippen LogP contribution in [0.25, 0.3) is 0 Å². The number of carboxylic acids is 1. The molecule has 1 rings (SSSR count). The topological polar surface area (TPSA) is 160 Å². The van der Waals surface area contributed by atoms with Crippen molar-refractivity contribution in [1.82, 2.24) is 0 Å². The fraction of sp³-hybridized carbons (Fsp3) is 0.357. The maximum absolute atomic E-state index is 11.1. The molecule has 1 aromatic rings. The first-order chi connectivity index (χ1) is 12.1. The van der Waals surface area contributed by atoms with Gasteiger partial charge in [-0.05, 0) is 24.3 Å². The molecule has 0 saturated carbocycles. The SMILES string of the molecule is CCCSc1ccc([N+](=O)[O-])c(N(CC(=O)O)C(=N)N)c1.CO[C](=O)[Na]. The number of nitrogens with one attached hydrogen (secondary N) is 1. The molecule has 0 amide bonds. The quantitative estimate of drug-likeness (QED) is 0.156. The van der Waals surface area contributed by atoms with Crippen molar-refractivity contribution >= 4 is 66.2 Å². The van der Waals surface area contributed by atoms with Gasteiger partial charge in [-0.2, -0.15) is 0 Å². The van der Waals surface area contributed by atoms with E-state index >= 15 is 0 Å². The van der Waals surface area contributed by atoms with E-state index in [9.17, 15) is 19.7 Å². The van der Waals surface area contributed by atoms with Crippen molar-refractivity contribution < 1.29 is 24.4 Å². The van der Waals surface area contributed by atoms with Crippen molar-refractivity contribution in [2.24, 2.45) is 5.73 Å². The molecule has 0 aliphatic carbocycles. The molecule has 4 N–H and O–H groups in total. The number of anilines is 1. The van der Waals surface area contributed by atoms with Gasteiger partial charge in [-0.15, -0.1) is 11.8 Å². The number of nitro groups is 1. The Balaban J connectivity index is 0.00000110. The van der Waals surface area contributed by atoms with Crippen LogP contribution < -0.4 is 10.6 Å². The number of nitro benzene ring substituents is 1. The van der Waals surface area contributed by atoms with Gasteiger partial charge in [-0.25, -0.2) is 0 Å². The van der Waals surface area contributed by atoms with E-state index in [0.717, 1.165) is 22.0 Å². The van der Waals surface area contributed by atoms with Crippen molar-refractivity contribution in [3.63, 3.8) is 0 Å². The van der Waals surface area contributed by atoms with Crippen LogP contribution in [0.1, 0.15) is 13.3 Å². The Labute approximate surface area is 172 Å². The summed E-state index contributed by atoms with van der Waals surface area (Å²) in [4.78, 5) is 32.6. The fourth-order valence-electron chi connectivity index (χ4n) is 1.62. The normalized spacial score (nSPS) is 9.54. The molecule has 0 unspecified atom stereocenters. The van der Waals surface area contributed by atoms with E-state index in [1.807, 2.05) is 6.92 Å². The second-order valence-corrected chi connectivity index (χ2v) is 6.80. The van der Waals surface area contributed by atoms with E-state index in [0.29, 0.717) is 27.9 Å². The summed E-state index contributed by atoms with van der Waals surface area (Å²) in [6.45, 7) is 1.39. The third kappa shape index (κ3) is 9.04. The number of ether oxygens (including phenoxy) is 1. The number of benzene rings is 1. The number of methoxy groups -OCH3 is 1. The van der Waals surface area contributed by atoms with Gasteiger partial charge >= 0.3 is 53.8 Å². The zero-order valence-electron chi connectivity index (χ0n) is 14.7. The average molecular weight is 394 g/mol. The monoisotopic (exact) mass is 394 g/mol. The minimum atomic E-state index is -1.23. The number of hydrogen-bond donors (Lipinski definition) is 3. The molecule has 0 atom stereocenters. The third-order valence-electron chi connectivity index (χ3n) is 2.78. The fourth-order valence-corrected chi connectivity index (χ4v) is 2.42. The van der Waals surface area contributed by atoms with E-state index in [1.54, 1.807) is 6.07 Å². The van der Waals surface area contributed by atoms with Crippen LogP contribution in [-0.2, 0) is 9.53 Å². The second kappa shape index (κ2) is 12.5. The van der Waals surface area contributed by atoms with Gasteiger partial charge in [0.25, 0.3) is 5.69 Å². The average Bonchev–Trinajstić information content (AvgIpc) is 2.57. The van der Waals surface area contributed by atoms with Gasteiger partial charge in [0.1, 0.15) is 12.2 Å².